The highest BCUT2D eigenvalue weighted by molar-refractivity contribution is 8.00. The van der Waals surface area contributed by atoms with E-state index in [1.54, 1.807) is 4.90 Å². The number of rotatable bonds is 2. The first-order chi connectivity index (χ1) is 8.64. The normalized spacial score (nSPS) is 25.8. The minimum absolute atomic E-state index is 0.119. The van der Waals surface area contributed by atoms with Gasteiger partial charge < -0.3 is 15.3 Å². The van der Waals surface area contributed by atoms with Crippen LogP contribution in [0.15, 0.2) is 0 Å². The summed E-state index contributed by atoms with van der Waals surface area (Å²) >= 11 is 1.84. The molecule has 3 atom stereocenters. The molecule has 1 rings (SSSR count). The molecule has 2 N–H and O–H groups in total. The molecule has 110 valence electrons. The fourth-order valence-electron chi connectivity index (χ4n) is 2.07. The van der Waals surface area contributed by atoms with Gasteiger partial charge in [-0.3, -0.25) is 0 Å². The summed E-state index contributed by atoms with van der Waals surface area (Å²) in [6.07, 6.45) is 0. The maximum absolute atomic E-state index is 12.3. The Balaban J connectivity index is 2.75. The van der Waals surface area contributed by atoms with Crippen molar-refractivity contribution in [2.45, 2.75) is 52.0 Å². The van der Waals surface area contributed by atoms with Gasteiger partial charge in [0.15, 0.2) is 0 Å². The largest absolute Gasteiger partial charge is 0.480 e. The van der Waals surface area contributed by atoms with Crippen LogP contribution in [0.5, 0.6) is 0 Å². The third kappa shape index (κ3) is 4.03. The first-order valence-electron chi connectivity index (χ1n) is 6.56. The lowest BCUT2D eigenvalue weighted by Crippen LogP contribution is -2.57. The summed E-state index contributed by atoms with van der Waals surface area (Å²) in [6, 6.07) is -1.03. The number of carboxylic acids is 1. The number of carboxylic acid groups (broad SMARTS) is 1. The van der Waals surface area contributed by atoms with Gasteiger partial charge >= 0.3 is 12.0 Å². The highest BCUT2D eigenvalue weighted by Gasteiger charge is 2.36. The Kier molecular flexibility index (Phi) is 5.12. The maximum Gasteiger partial charge on any atom is 0.326 e. The summed E-state index contributed by atoms with van der Waals surface area (Å²) in [4.78, 5) is 25.3. The Morgan fingerprint density at radius 3 is 2.42 bits per heavy atom. The van der Waals surface area contributed by atoms with Crippen LogP contribution in [0.4, 0.5) is 4.79 Å². The fraction of sp³-hybridized carbons (Fsp3) is 0.846. The molecule has 1 fully saturated rings. The zero-order chi connectivity index (χ0) is 14.8. The van der Waals surface area contributed by atoms with E-state index < -0.39 is 17.4 Å². The minimum atomic E-state index is -0.993. The molecule has 0 aromatic heterocycles. The molecule has 2 amide bonds. The van der Waals surface area contributed by atoms with Crippen LogP contribution in [0.2, 0.25) is 0 Å². The van der Waals surface area contributed by atoms with Crippen molar-refractivity contribution >= 4 is 23.8 Å². The molecule has 0 spiro atoms. The smallest absolute Gasteiger partial charge is 0.326 e. The van der Waals surface area contributed by atoms with Gasteiger partial charge in [-0.25, -0.2) is 9.59 Å². The van der Waals surface area contributed by atoms with E-state index in [4.69, 9.17) is 0 Å². The molecule has 19 heavy (non-hydrogen) atoms. The summed E-state index contributed by atoms with van der Waals surface area (Å²) in [7, 11) is 0. The molecule has 0 aliphatic carbocycles. The molecule has 1 saturated heterocycles. The summed E-state index contributed by atoms with van der Waals surface area (Å²) in [6.45, 7) is 10.2. The second-order valence-electron chi connectivity index (χ2n) is 6.10. The quantitative estimate of drug-likeness (QED) is 0.815. The molecule has 6 heteroatoms. The Hall–Kier alpha value is -0.910. The minimum Gasteiger partial charge on any atom is -0.480 e. The van der Waals surface area contributed by atoms with Gasteiger partial charge in [-0.1, -0.05) is 27.7 Å². The average Bonchev–Trinajstić information content (AvgIpc) is 2.27. The van der Waals surface area contributed by atoms with E-state index in [2.05, 4.69) is 12.2 Å². The highest BCUT2D eigenvalue weighted by Crippen LogP contribution is 2.25. The first-order valence-corrected chi connectivity index (χ1v) is 7.61. The van der Waals surface area contributed by atoms with Gasteiger partial charge in [0, 0.05) is 23.6 Å². The van der Waals surface area contributed by atoms with E-state index in [0.29, 0.717) is 11.8 Å². The number of carbonyl (C=O) groups excluding carboxylic acids is 1. The van der Waals surface area contributed by atoms with Crippen molar-refractivity contribution < 1.29 is 14.7 Å². The Labute approximate surface area is 119 Å². The SMILES string of the molecule is CC1SCCN(C(=O)N[C@H](C(=O)O)C(C)(C)C)C1C. The second-order valence-corrected chi connectivity index (χ2v) is 7.58. The van der Waals surface area contributed by atoms with Gasteiger partial charge in [-0.05, 0) is 12.3 Å². The van der Waals surface area contributed by atoms with E-state index in [9.17, 15) is 14.7 Å². The number of hydrogen-bond donors (Lipinski definition) is 2. The van der Waals surface area contributed by atoms with Crippen molar-refractivity contribution in [3.63, 3.8) is 0 Å². The van der Waals surface area contributed by atoms with Gasteiger partial charge in [0.25, 0.3) is 0 Å². The molecular formula is C13H24N2O3S. The van der Waals surface area contributed by atoms with E-state index in [0.717, 1.165) is 5.75 Å². The lowest BCUT2D eigenvalue weighted by Gasteiger charge is -2.39. The molecule has 0 saturated carbocycles. The van der Waals surface area contributed by atoms with Crippen LogP contribution in [-0.2, 0) is 4.79 Å². The third-order valence-electron chi connectivity index (χ3n) is 3.53. The molecule has 1 aliphatic rings. The Morgan fingerprint density at radius 2 is 1.95 bits per heavy atom. The highest BCUT2D eigenvalue weighted by atomic mass is 32.2. The predicted molar refractivity (Wildman–Crippen MR) is 77.5 cm³/mol. The van der Waals surface area contributed by atoms with Gasteiger partial charge in [0.2, 0.25) is 0 Å². The summed E-state index contributed by atoms with van der Waals surface area (Å²) in [5.41, 5.74) is -0.513. The topological polar surface area (TPSA) is 69.6 Å². The number of nitrogens with one attached hydrogen (secondary N) is 1. The van der Waals surface area contributed by atoms with Crippen molar-refractivity contribution in [3.8, 4) is 0 Å². The Morgan fingerprint density at radius 1 is 1.37 bits per heavy atom. The zero-order valence-electron chi connectivity index (χ0n) is 12.3. The van der Waals surface area contributed by atoms with E-state index >= 15 is 0 Å². The Bertz CT molecular complexity index is 354. The average molecular weight is 288 g/mol. The van der Waals surface area contributed by atoms with Crippen molar-refractivity contribution in [1.29, 1.82) is 0 Å². The molecule has 0 bridgehead atoms. The molecule has 2 unspecified atom stereocenters. The fourth-order valence-corrected chi connectivity index (χ4v) is 3.17. The molecule has 5 nitrogen and oxygen atoms in total. The second kappa shape index (κ2) is 6.03. The molecule has 1 heterocycles. The van der Waals surface area contributed by atoms with Gasteiger partial charge in [-0.2, -0.15) is 11.8 Å². The third-order valence-corrected chi connectivity index (χ3v) is 4.86. The maximum atomic E-state index is 12.3. The lowest BCUT2D eigenvalue weighted by molar-refractivity contribution is -0.142. The van der Waals surface area contributed by atoms with Gasteiger partial charge in [0.1, 0.15) is 6.04 Å². The number of thioether (sulfide) groups is 1. The van der Waals surface area contributed by atoms with Crippen LogP contribution in [0, 0.1) is 5.41 Å². The van der Waals surface area contributed by atoms with Crippen molar-refractivity contribution in [2.75, 3.05) is 12.3 Å². The van der Waals surface area contributed by atoms with Gasteiger partial charge in [-0.15, -0.1) is 0 Å². The number of aliphatic carboxylic acids is 1. The van der Waals surface area contributed by atoms with E-state index in [-0.39, 0.29) is 12.1 Å². The lowest BCUT2D eigenvalue weighted by atomic mass is 9.87. The number of nitrogens with zero attached hydrogens (tertiary/aromatic N) is 1. The summed E-state index contributed by atoms with van der Waals surface area (Å²) in [5.74, 6) is -0.0976. The van der Waals surface area contributed by atoms with Crippen molar-refractivity contribution in [3.05, 3.63) is 0 Å². The van der Waals surface area contributed by atoms with Crippen LogP contribution in [0.1, 0.15) is 34.6 Å². The number of urea groups is 1. The first kappa shape index (κ1) is 16.1. The molecule has 0 aromatic rings. The van der Waals surface area contributed by atoms with Crippen LogP contribution in [0.3, 0.4) is 0 Å². The zero-order valence-corrected chi connectivity index (χ0v) is 13.1. The van der Waals surface area contributed by atoms with Crippen LogP contribution < -0.4 is 5.32 Å². The summed E-state index contributed by atoms with van der Waals surface area (Å²) in [5, 5.41) is 12.3. The van der Waals surface area contributed by atoms with E-state index in [1.165, 1.54) is 0 Å². The number of carbonyl (C=O) groups is 2. The summed E-state index contributed by atoms with van der Waals surface area (Å²) < 4.78 is 0. The van der Waals surface area contributed by atoms with Crippen molar-refractivity contribution in [2.24, 2.45) is 5.41 Å². The standard InChI is InChI=1S/C13H24N2O3S/c1-8-9(2)19-7-6-15(8)12(18)14-10(11(16)17)13(3,4)5/h8-10H,6-7H2,1-5H3,(H,14,18)(H,16,17)/t8?,9?,10-/m1/s1. The molecule has 0 aromatic carbocycles. The molecule has 0 radical (unpaired) electrons. The van der Waals surface area contributed by atoms with Crippen LogP contribution in [0.25, 0.3) is 0 Å². The van der Waals surface area contributed by atoms with Crippen LogP contribution >= 0.6 is 11.8 Å². The predicted octanol–water partition coefficient (Wildman–Crippen LogP) is 2.02. The van der Waals surface area contributed by atoms with Crippen LogP contribution in [-0.4, -0.2) is 51.6 Å². The molecular weight excluding hydrogens is 264 g/mol. The van der Waals surface area contributed by atoms with Crippen molar-refractivity contribution in [1.82, 2.24) is 10.2 Å². The van der Waals surface area contributed by atoms with E-state index in [1.807, 2.05) is 39.5 Å². The number of amides is 2. The monoisotopic (exact) mass is 288 g/mol. The molecule has 1 aliphatic heterocycles. The van der Waals surface area contributed by atoms with Gasteiger partial charge in [0.05, 0.1) is 0 Å². The number of hydrogen-bond acceptors (Lipinski definition) is 3.